The highest BCUT2D eigenvalue weighted by atomic mass is 15.3. The Morgan fingerprint density at radius 3 is 2.59 bits per heavy atom. The normalized spacial score (nSPS) is 11.2. The van der Waals surface area contributed by atoms with Crippen molar-refractivity contribution in [3.8, 4) is 11.1 Å². The number of aromatic nitrogens is 4. The van der Waals surface area contributed by atoms with Gasteiger partial charge in [-0.05, 0) is 48.4 Å². The lowest BCUT2D eigenvalue weighted by molar-refractivity contribution is 1.08. The lowest BCUT2D eigenvalue weighted by atomic mass is 10.0. The number of nitrogen functional groups attached to an aromatic ring is 1. The van der Waals surface area contributed by atoms with E-state index in [1.165, 1.54) is 11.1 Å². The molecular formula is C23H20N6. The number of hydrogen-bond donors (Lipinski definition) is 1. The zero-order valence-corrected chi connectivity index (χ0v) is 16.2. The van der Waals surface area contributed by atoms with Gasteiger partial charge < -0.3 is 10.6 Å². The first-order valence-electron chi connectivity index (χ1n) is 9.40. The van der Waals surface area contributed by atoms with Crippen LogP contribution in [0.5, 0.6) is 0 Å². The van der Waals surface area contributed by atoms with Crippen LogP contribution in [0.25, 0.3) is 27.8 Å². The Hall–Kier alpha value is -3.93. The number of benzene rings is 3. The number of hydrogen-bond acceptors (Lipinski definition) is 5. The Morgan fingerprint density at radius 2 is 1.76 bits per heavy atom. The third-order valence-corrected chi connectivity index (χ3v) is 5.19. The van der Waals surface area contributed by atoms with E-state index in [0.717, 1.165) is 28.0 Å². The zero-order valence-electron chi connectivity index (χ0n) is 16.2. The molecule has 0 aliphatic rings. The molecule has 2 heterocycles. The van der Waals surface area contributed by atoms with Gasteiger partial charge in [-0.2, -0.15) is 4.98 Å². The Labute approximate surface area is 168 Å². The summed E-state index contributed by atoms with van der Waals surface area (Å²) in [5.74, 6) is 1.35. The maximum Gasteiger partial charge on any atom is 0.257 e. The molecule has 0 atom stereocenters. The van der Waals surface area contributed by atoms with Crippen molar-refractivity contribution in [1.82, 2.24) is 19.6 Å². The summed E-state index contributed by atoms with van der Waals surface area (Å²) >= 11 is 0. The minimum atomic E-state index is 0.541. The molecule has 0 fully saturated rings. The van der Waals surface area contributed by atoms with Gasteiger partial charge in [0.15, 0.2) is 0 Å². The predicted molar refractivity (Wildman–Crippen MR) is 117 cm³/mol. The second-order valence-corrected chi connectivity index (χ2v) is 7.19. The van der Waals surface area contributed by atoms with Crippen LogP contribution in [0.4, 0.5) is 17.2 Å². The predicted octanol–water partition coefficient (Wildman–Crippen LogP) is 4.60. The maximum absolute atomic E-state index is 6.03. The summed E-state index contributed by atoms with van der Waals surface area (Å²) in [7, 11) is 2.01. The standard InChI is InChI=1S/C23H20N6/c1-15-6-8-16(9-7-15)17-4-3-5-19(12-17)28(2)22-20-11-10-18(24)13-21(20)29-14-25-27-23(29)26-22/h3-14H,24H2,1-2H3. The second kappa shape index (κ2) is 6.60. The lowest BCUT2D eigenvalue weighted by Crippen LogP contribution is -2.13. The molecule has 6 heteroatoms. The van der Waals surface area contributed by atoms with Gasteiger partial charge in [0, 0.05) is 23.8 Å². The van der Waals surface area contributed by atoms with Gasteiger partial charge in [0.1, 0.15) is 12.1 Å². The molecule has 0 radical (unpaired) electrons. The fraction of sp³-hybridized carbons (Fsp3) is 0.0870. The lowest BCUT2D eigenvalue weighted by Gasteiger charge is -2.21. The molecule has 0 saturated carbocycles. The summed E-state index contributed by atoms with van der Waals surface area (Å²) in [5, 5.41) is 9.13. The molecule has 0 saturated heterocycles. The van der Waals surface area contributed by atoms with E-state index in [1.807, 2.05) is 29.6 Å². The van der Waals surface area contributed by atoms with E-state index in [2.05, 4.69) is 70.6 Å². The topological polar surface area (TPSA) is 72.3 Å². The van der Waals surface area contributed by atoms with Gasteiger partial charge in [0.05, 0.1) is 5.52 Å². The quantitative estimate of drug-likeness (QED) is 0.463. The Balaban J connectivity index is 1.65. The molecule has 2 aromatic heterocycles. The van der Waals surface area contributed by atoms with Crippen molar-refractivity contribution >= 4 is 33.9 Å². The average Bonchev–Trinajstić information content (AvgIpc) is 3.22. The molecule has 0 spiro atoms. The van der Waals surface area contributed by atoms with Gasteiger partial charge in [-0.15, -0.1) is 10.2 Å². The molecule has 5 aromatic rings. The van der Waals surface area contributed by atoms with E-state index in [-0.39, 0.29) is 0 Å². The van der Waals surface area contributed by atoms with Crippen molar-refractivity contribution < 1.29 is 0 Å². The highest BCUT2D eigenvalue weighted by Crippen LogP contribution is 2.33. The third kappa shape index (κ3) is 2.95. The molecule has 0 amide bonds. The summed E-state index contributed by atoms with van der Waals surface area (Å²) < 4.78 is 1.85. The van der Waals surface area contributed by atoms with E-state index in [1.54, 1.807) is 6.33 Å². The molecule has 0 aliphatic heterocycles. The fourth-order valence-electron chi connectivity index (χ4n) is 3.59. The molecule has 0 unspecified atom stereocenters. The molecule has 6 nitrogen and oxygen atoms in total. The first kappa shape index (κ1) is 17.2. The minimum absolute atomic E-state index is 0.541. The Kier molecular flexibility index (Phi) is 3.91. The van der Waals surface area contributed by atoms with Gasteiger partial charge >= 0.3 is 0 Å². The molecule has 3 aromatic carbocycles. The summed E-state index contributed by atoms with van der Waals surface area (Å²) in [6, 6.07) is 22.8. The van der Waals surface area contributed by atoms with Crippen molar-refractivity contribution in [2.75, 3.05) is 17.7 Å². The first-order valence-corrected chi connectivity index (χ1v) is 9.40. The molecule has 29 heavy (non-hydrogen) atoms. The van der Waals surface area contributed by atoms with E-state index < -0.39 is 0 Å². The van der Waals surface area contributed by atoms with Gasteiger partial charge in [0.25, 0.3) is 5.78 Å². The van der Waals surface area contributed by atoms with Crippen LogP contribution >= 0.6 is 0 Å². The average molecular weight is 380 g/mol. The van der Waals surface area contributed by atoms with Crippen LogP contribution in [0.15, 0.2) is 73.1 Å². The summed E-state index contributed by atoms with van der Waals surface area (Å²) in [5.41, 5.74) is 12.3. The zero-order chi connectivity index (χ0) is 20.0. The van der Waals surface area contributed by atoms with Crippen LogP contribution in [0.3, 0.4) is 0 Å². The van der Waals surface area contributed by atoms with Crippen molar-refractivity contribution in [2.24, 2.45) is 0 Å². The summed E-state index contributed by atoms with van der Waals surface area (Å²) in [6.45, 7) is 2.10. The Morgan fingerprint density at radius 1 is 0.931 bits per heavy atom. The number of aryl methyl sites for hydroxylation is 1. The van der Waals surface area contributed by atoms with Gasteiger partial charge in [-0.1, -0.05) is 42.0 Å². The van der Waals surface area contributed by atoms with Gasteiger partial charge in [0.2, 0.25) is 0 Å². The van der Waals surface area contributed by atoms with E-state index in [9.17, 15) is 0 Å². The maximum atomic E-state index is 6.03. The number of anilines is 3. The van der Waals surface area contributed by atoms with Crippen molar-refractivity contribution in [1.29, 1.82) is 0 Å². The van der Waals surface area contributed by atoms with Crippen LogP contribution in [-0.2, 0) is 0 Å². The van der Waals surface area contributed by atoms with Crippen LogP contribution in [-0.4, -0.2) is 26.6 Å². The van der Waals surface area contributed by atoms with Crippen LogP contribution < -0.4 is 10.6 Å². The number of fused-ring (bicyclic) bond motifs is 3. The molecule has 0 aliphatic carbocycles. The van der Waals surface area contributed by atoms with Gasteiger partial charge in [-0.25, -0.2) is 0 Å². The highest BCUT2D eigenvalue weighted by molar-refractivity contribution is 5.95. The molecule has 142 valence electrons. The summed E-state index contributed by atoms with van der Waals surface area (Å²) in [6.07, 6.45) is 1.66. The minimum Gasteiger partial charge on any atom is -0.399 e. The van der Waals surface area contributed by atoms with Crippen LogP contribution in [0.1, 0.15) is 5.56 Å². The molecular weight excluding hydrogens is 360 g/mol. The smallest absolute Gasteiger partial charge is 0.257 e. The summed E-state index contributed by atoms with van der Waals surface area (Å²) in [4.78, 5) is 6.83. The third-order valence-electron chi connectivity index (χ3n) is 5.19. The monoisotopic (exact) mass is 380 g/mol. The largest absolute Gasteiger partial charge is 0.399 e. The molecule has 0 bridgehead atoms. The number of nitrogens with two attached hydrogens (primary N) is 1. The van der Waals surface area contributed by atoms with E-state index >= 15 is 0 Å². The highest BCUT2D eigenvalue weighted by Gasteiger charge is 2.15. The SMILES string of the molecule is Cc1ccc(-c2cccc(N(C)c3nc4nncn4c4cc(N)ccc34)c2)cc1. The van der Waals surface area contributed by atoms with Crippen molar-refractivity contribution in [3.05, 3.63) is 78.6 Å². The second-order valence-electron chi connectivity index (χ2n) is 7.19. The van der Waals surface area contributed by atoms with E-state index in [0.29, 0.717) is 11.5 Å². The van der Waals surface area contributed by atoms with E-state index in [4.69, 9.17) is 10.7 Å². The molecule has 5 rings (SSSR count). The fourth-order valence-corrected chi connectivity index (χ4v) is 3.59. The van der Waals surface area contributed by atoms with Gasteiger partial charge in [-0.3, -0.25) is 4.40 Å². The molecule has 2 N–H and O–H groups in total. The number of nitrogens with zero attached hydrogens (tertiary/aromatic N) is 5. The first-order chi connectivity index (χ1) is 14.1. The Bertz CT molecular complexity index is 1340. The van der Waals surface area contributed by atoms with Crippen LogP contribution in [0, 0.1) is 6.92 Å². The van der Waals surface area contributed by atoms with Crippen LogP contribution in [0.2, 0.25) is 0 Å². The van der Waals surface area contributed by atoms with Crippen molar-refractivity contribution in [2.45, 2.75) is 6.92 Å². The number of rotatable bonds is 3. The van der Waals surface area contributed by atoms with Crippen molar-refractivity contribution in [3.63, 3.8) is 0 Å².